The zero-order valence-electron chi connectivity index (χ0n) is 16.8. The fraction of sp³-hybridized carbons (Fsp3) is 0.333. The highest BCUT2D eigenvalue weighted by atomic mass is 16.7. The lowest BCUT2D eigenvalue weighted by molar-refractivity contribution is -0.122. The van der Waals surface area contributed by atoms with Crippen LogP contribution in [0.4, 0.5) is 5.69 Å². The van der Waals surface area contributed by atoms with Crippen molar-refractivity contribution in [2.24, 2.45) is 0 Å². The van der Waals surface area contributed by atoms with Crippen LogP contribution >= 0.6 is 0 Å². The lowest BCUT2D eigenvalue weighted by Gasteiger charge is -2.12. The summed E-state index contributed by atoms with van der Waals surface area (Å²) >= 11 is 0. The van der Waals surface area contributed by atoms with Crippen LogP contribution in [0.5, 0.6) is 17.2 Å². The van der Waals surface area contributed by atoms with Crippen molar-refractivity contribution in [2.45, 2.75) is 19.8 Å². The van der Waals surface area contributed by atoms with Gasteiger partial charge in [-0.25, -0.2) is 5.48 Å². The summed E-state index contributed by atoms with van der Waals surface area (Å²) in [6, 6.07) is 11.7. The molecule has 0 aliphatic heterocycles. The molecule has 0 bridgehead atoms. The molecule has 2 aromatic rings. The van der Waals surface area contributed by atoms with Gasteiger partial charge in [-0.15, -0.1) is 0 Å². The fourth-order valence-electron chi connectivity index (χ4n) is 2.38. The summed E-state index contributed by atoms with van der Waals surface area (Å²) < 4.78 is 16.0. The zero-order chi connectivity index (χ0) is 21.1. The molecule has 0 heterocycles. The lowest BCUT2D eigenvalue weighted by atomic mass is 10.2. The number of nitrogens with one attached hydrogen (secondary N) is 2. The number of carbonyl (C=O) groups is 2. The van der Waals surface area contributed by atoms with Crippen LogP contribution < -0.4 is 25.0 Å². The number of hydrogen-bond acceptors (Lipinski definition) is 6. The molecule has 2 aromatic carbocycles. The number of amides is 2. The summed E-state index contributed by atoms with van der Waals surface area (Å²) in [5.41, 5.74) is 3.12. The summed E-state index contributed by atoms with van der Waals surface area (Å²) in [5, 5.41) is 2.65. The van der Waals surface area contributed by atoms with Gasteiger partial charge in [-0.05, 0) is 36.8 Å². The van der Waals surface area contributed by atoms with E-state index in [1.807, 2.05) is 0 Å². The van der Waals surface area contributed by atoms with Crippen molar-refractivity contribution in [1.29, 1.82) is 0 Å². The third kappa shape index (κ3) is 7.00. The predicted molar refractivity (Wildman–Crippen MR) is 108 cm³/mol. The van der Waals surface area contributed by atoms with E-state index < -0.39 is 11.8 Å². The van der Waals surface area contributed by atoms with Crippen molar-refractivity contribution in [3.63, 3.8) is 0 Å². The van der Waals surface area contributed by atoms with Gasteiger partial charge in [-0.2, -0.15) is 0 Å². The molecule has 0 saturated heterocycles. The van der Waals surface area contributed by atoms with Gasteiger partial charge in [0.2, 0.25) is 0 Å². The molecule has 0 spiro atoms. The van der Waals surface area contributed by atoms with Crippen LogP contribution in [0, 0.1) is 0 Å². The van der Waals surface area contributed by atoms with E-state index in [0.29, 0.717) is 35.1 Å². The number of hydroxylamine groups is 1. The van der Waals surface area contributed by atoms with Gasteiger partial charge in [-0.3, -0.25) is 14.4 Å². The molecule has 8 nitrogen and oxygen atoms in total. The Kier molecular flexibility index (Phi) is 8.78. The minimum atomic E-state index is -0.502. The first-order valence-corrected chi connectivity index (χ1v) is 9.24. The third-order valence-electron chi connectivity index (χ3n) is 3.90. The van der Waals surface area contributed by atoms with Gasteiger partial charge >= 0.3 is 0 Å². The Balaban J connectivity index is 1.84. The van der Waals surface area contributed by atoms with E-state index in [2.05, 4.69) is 17.7 Å². The van der Waals surface area contributed by atoms with Crippen LogP contribution in [0.3, 0.4) is 0 Å². The molecule has 29 heavy (non-hydrogen) atoms. The second kappa shape index (κ2) is 11.6. The number of methoxy groups -OCH3 is 2. The van der Waals surface area contributed by atoms with Crippen LogP contribution in [-0.2, 0) is 9.63 Å². The molecule has 2 rings (SSSR count). The Hall–Kier alpha value is -3.26. The Labute approximate surface area is 170 Å². The number of carbonyl (C=O) groups excluding carboxylic acids is 2. The molecular formula is C21H26N2O6. The summed E-state index contributed by atoms with van der Waals surface area (Å²) in [4.78, 5) is 29.2. The molecule has 0 aliphatic carbocycles. The molecule has 0 radical (unpaired) electrons. The largest absolute Gasteiger partial charge is 0.497 e. The van der Waals surface area contributed by atoms with Crippen LogP contribution in [-0.4, -0.2) is 39.2 Å². The standard InChI is InChI=1S/C21H26N2O6/c1-4-5-11-28-18-10-9-15(12-19(18)27-3)21(25)23-29-14-20(24)22-16-7-6-8-17(13-16)26-2/h6-10,12-13H,4-5,11,14H2,1-3H3,(H,22,24)(H,23,25). The SMILES string of the molecule is CCCCOc1ccc(C(=O)NOCC(=O)Nc2cccc(OC)c2)cc1OC. The van der Waals surface area contributed by atoms with Crippen LogP contribution in [0.1, 0.15) is 30.1 Å². The van der Waals surface area contributed by atoms with Crippen molar-refractivity contribution in [1.82, 2.24) is 5.48 Å². The molecular weight excluding hydrogens is 376 g/mol. The Bertz CT molecular complexity index is 825. The summed E-state index contributed by atoms with van der Waals surface area (Å²) in [7, 11) is 3.04. The van der Waals surface area contributed by atoms with Crippen molar-refractivity contribution in [3.05, 3.63) is 48.0 Å². The van der Waals surface area contributed by atoms with Crippen molar-refractivity contribution >= 4 is 17.5 Å². The first-order valence-electron chi connectivity index (χ1n) is 9.24. The minimum Gasteiger partial charge on any atom is -0.497 e. The molecule has 0 fully saturated rings. The van der Waals surface area contributed by atoms with Crippen molar-refractivity contribution < 1.29 is 28.6 Å². The van der Waals surface area contributed by atoms with Gasteiger partial charge in [-0.1, -0.05) is 19.4 Å². The quantitative estimate of drug-likeness (QED) is 0.443. The normalized spacial score (nSPS) is 10.2. The van der Waals surface area contributed by atoms with Gasteiger partial charge in [0.15, 0.2) is 18.1 Å². The highest BCUT2D eigenvalue weighted by Crippen LogP contribution is 2.28. The molecule has 0 saturated carbocycles. The van der Waals surface area contributed by atoms with Crippen molar-refractivity contribution in [3.8, 4) is 17.2 Å². The number of benzene rings is 2. The Morgan fingerprint density at radius 1 is 1.00 bits per heavy atom. The third-order valence-corrected chi connectivity index (χ3v) is 3.90. The van der Waals surface area contributed by atoms with Gasteiger partial charge in [0, 0.05) is 17.3 Å². The molecule has 0 aromatic heterocycles. The van der Waals surface area contributed by atoms with Crippen LogP contribution in [0.2, 0.25) is 0 Å². The highest BCUT2D eigenvalue weighted by molar-refractivity contribution is 5.95. The van der Waals surface area contributed by atoms with Gasteiger partial charge in [0.05, 0.1) is 20.8 Å². The number of anilines is 1. The molecule has 156 valence electrons. The average Bonchev–Trinajstić information content (AvgIpc) is 2.74. The van der Waals surface area contributed by atoms with Crippen LogP contribution in [0.25, 0.3) is 0 Å². The highest BCUT2D eigenvalue weighted by Gasteiger charge is 2.12. The summed E-state index contributed by atoms with van der Waals surface area (Å²) in [5.74, 6) is 0.710. The number of rotatable bonds is 11. The number of ether oxygens (including phenoxy) is 3. The lowest BCUT2D eigenvalue weighted by Crippen LogP contribution is -2.29. The second-order valence-corrected chi connectivity index (χ2v) is 6.07. The van der Waals surface area contributed by atoms with E-state index in [1.165, 1.54) is 7.11 Å². The van der Waals surface area contributed by atoms with Crippen molar-refractivity contribution in [2.75, 3.05) is 32.8 Å². The maximum Gasteiger partial charge on any atom is 0.274 e. The predicted octanol–water partition coefficient (Wildman–Crippen LogP) is 3.18. The topological polar surface area (TPSA) is 95.1 Å². The van der Waals surface area contributed by atoms with E-state index in [0.717, 1.165) is 12.8 Å². The zero-order valence-corrected chi connectivity index (χ0v) is 16.8. The second-order valence-electron chi connectivity index (χ2n) is 6.07. The average molecular weight is 402 g/mol. The van der Waals surface area contributed by atoms with E-state index >= 15 is 0 Å². The number of unbranched alkanes of at least 4 members (excludes halogenated alkanes) is 1. The van der Waals surface area contributed by atoms with Gasteiger partial charge < -0.3 is 19.5 Å². The molecule has 0 aliphatic rings. The Morgan fingerprint density at radius 3 is 2.55 bits per heavy atom. The molecule has 0 unspecified atom stereocenters. The molecule has 2 N–H and O–H groups in total. The van der Waals surface area contributed by atoms with E-state index in [9.17, 15) is 9.59 Å². The molecule has 0 atom stereocenters. The maximum atomic E-state index is 12.2. The minimum absolute atomic E-state index is 0.317. The smallest absolute Gasteiger partial charge is 0.274 e. The summed E-state index contributed by atoms with van der Waals surface area (Å²) in [6.45, 7) is 2.30. The fourth-order valence-corrected chi connectivity index (χ4v) is 2.38. The van der Waals surface area contributed by atoms with E-state index in [1.54, 1.807) is 49.6 Å². The van der Waals surface area contributed by atoms with Gasteiger partial charge in [0.25, 0.3) is 11.8 Å². The molecule has 2 amide bonds. The number of hydrogen-bond donors (Lipinski definition) is 2. The molecule has 8 heteroatoms. The van der Waals surface area contributed by atoms with Crippen LogP contribution in [0.15, 0.2) is 42.5 Å². The maximum absolute atomic E-state index is 12.2. The van der Waals surface area contributed by atoms with E-state index in [4.69, 9.17) is 19.0 Å². The van der Waals surface area contributed by atoms with E-state index in [-0.39, 0.29) is 6.61 Å². The Morgan fingerprint density at radius 2 is 1.83 bits per heavy atom. The monoisotopic (exact) mass is 402 g/mol. The first-order chi connectivity index (χ1) is 14.1. The first kappa shape index (κ1) is 22.0. The summed E-state index contributed by atoms with van der Waals surface area (Å²) in [6.07, 6.45) is 1.95. The van der Waals surface area contributed by atoms with Gasteiger partial charge in [0.1, 0.15) is 5.75 Å².